The molecule has 0 radical (unpaired) electrons. The van der Waals surface area contributed by atoms with Crippen LogP contribution in [0.25, 0.3) is 0 Å². The molecule has 0 fully saturated rings. The van der Waals surface area contributed by atoms with Crippen molar-refractivity contribution in [2.75, 3.05) is 7.11 Å². The quantitative estimate of drug-likeness (QED) is 0.611. The molecule has 0 bridgehead atoms. The van der Waals surface area contributed by atoms with Crippen molar-refractivity contribution in [3.63, 3.8) is 0 Å². The van der Waals surface area contributed by atoms with E-state index >= 15 is 0 Å². The molecule has 1 aromatic rings. The molecule has 5 nitrogen and oxygen atoms in total. The summed E-state index contributed by atoms with van der Waals surface area (Å²) >= 11 is 1.98. The normalized spacial score (nSPS) is 10.2. The minimum absolute atomic E-state index is 0.0574. The van der Waals surface area contributed by atoms with Crippen LogP contribution < -0.4 is 5.56 Å². The summed E-state index contributed by atoms with van der Waals surface area (Å²) < 4.78 is 6.65. The van der Waals surface area contributed by atoms with Gasteiger partial charge in [0.15, 0.2) is 0 Å². The summed E-state index contributed by atoms with van der Waals surface area (Å²) in [5.41, 5.74) is 0.674. The molecule has 0 saturated heterocycles. The highest BCUT2D eigenvalue weighted by Gasteiger charge is 2.06. The van der Waals surface area contributed by atoms with E-state index in [0.717, 1.165) is 5.69 Å². The third-order valence-corrected chi connectivity index (χ3v) is 3.41. The molecule has 0 saturated carbocycles. The SMILES string of the molecule is COC(=O)CCCn1cnc(C)c(I)c1=O. The molecule has 88 valence electrons. The standard InChI is InChI=1S/C10H13IN2O3/c1-7-9(11)10(15)13(6-12-7)5-3-4-8(14)16-2/h6H,3-5H2,1-2H3. The van der Waals surface area contributed by atoms with Crippen molar-refractivity contribution in [2.45, 2.75) is 26.3 Å². The van der Waals surface area contributed by atoms with Crippen molar-refractivity contribution >= 4 is 28.6 Å². The maximum Gasteiger partial charge on any atom is 0.305 e. The van der Waals surface area contributed by atoms with Gasteiger partial charge in [-0.25, -0.2) is 4.98 Å². The second kappa shape index (κ2) is 5.97. The Hall–Kier alpha value is -0.920. The van der Waals surface area contributed by atoms with E-state index in [-0.39, 0.29) is 11.5 Å². The lowest BCUT2D eigenvalue weighted by molar-refractivity contribution is -0.140. The van der Waals surface area contributed by atoms with Crippen molar-refractivity contribution in [3.05, 3.63) is 25.9 Å². The summed E-state index contributed by atoms with van der Waals surface area (Å²) in [7, 11) is 1.35. The van der Waals surface area contributed by atoms with E-state index < -0.39 is 0 Å². The van der Waals surface area contributed by atoms with E-state index in [4.69, 9.17) is 0 Å². The van der Waals surface area contributed by atoms with E-state index in [2.05, 4.69) is 9.72 Å². The fourth-order valence-electron chi connectivity index (χ4n) is 1.20. The van der Waals surface area contributed by atoms with Gasteiger partial charge in [-0.05, 0) is 35.9 Å². The second-order valence-corrected chi connectivity index (χ2v) is 4.40. The number of halogens is 1. The predicted molar refractivity (Wildman–Crippen MR) is 67.2 cm³/mol. The first-order chi connectivity index (χ1) is 7.56. The monoisotopic (exact) mass is 336 g/mol. The Morgan fingerprint density at radius 2 is 2.31 bits per heavy atom. The van der Waals surface area contributed by atoms with Crippen LogP contribution in [0.1, 0.15) is 18.5 Å². The minimum Gasteiger partial charge on any atom is -0.469 e. The Labute approximate surface area is 107 Å². The van der Waals surface area contributed by atoms with Gasteiger partial charge < -0.3 is 4.74 Å². The molecule has 0 aliphatic heterocycles. The Balaban J connectivity index is 2.65. The molecule has 0 spiro atoms. The Morgan fingerprint density at radius 1 is 1.62 bits per heavy atom. The van der Waals surface area contributed by atoms with Crippen molar-refractivity contribution in [2.24, 2.45) is 0 Å². The van der Waals surface area contributed by atoms with Gasteiger partial charge in [0.25, 0.3) is 5.56 Å². The molecule has 0 unspecified atom stereocenters. The van der Waals surface area contributed by atoms with Gasteiger partial charge in [-0.15, -0.1) is 0 Å². The van der Waals surface area contributed by atoms with Crippen LogP contribution in [0.4, 0.5) is 0 Å². The minimum atomic E-state index is -0.261. The van der Waals surface area contributed by atoms with Gasteiger partial charge in [-0.1, -0.05) is 0 Å². The topological polar surface area (TPSA) is 61.2 Å². The van der Waals surface area contributed by atoms with Gasteiger partial charge in [0.2, 0.25) is 0 Å². The molecule has 0 aliphatic carbocycles. The number of rotatable bonds is 4. The van der Waals surface area contributed by atoms with Crippen LogP contribution in [-0.2, 0) is 16.1 Å². The van der Waals surface area contributed by atoms with Gasteiger partial charge in [-0.3, -0.25) is 14.2 Å². The molecular formula is C10H13IN2O3. The lowest BCUT2D eigenvalue weighted by atomic mass is 10.3. The Kier molecular flexibility index (Phi) is 4.91. The fraction of sp³-hybridized carbons (Fsp3) is 0.500. The first-order valence-electron chi connectivity index (χ1n) is 4.84. The molecule has 0 N–H and O–H groups in total. The predicted octanol–water partition coefficient (Wildman–Crippen LogP) is 1.11. The summed E-state index contributed by atoms with van der Waals surface area (Å²) in [6.07, 6.45) is 2.40. The van der Waals surface area contributed by atoms with Crippen LogP contribution in [0.2, 0.25) is 0 Å². The van der Waals surface area contributed by atoms with Crippen LogP contribution in [-0.4, -0.2) is 22.6 Å². The Morgan fingerprint density at radius 3 is 2.94 bits per heavy atom. The Bertz CT molecular complexity index is 442. The van der Waals surface area contributed by atoms with E-state index in [1.54, 1.807) is 6.92 Å². The maximum atomic E-state index is 11.7. The number of esters is 1. The van der Waals surface area contributed by atoms with Gasteiger partial charge in [0.1, 0.15) is 0 Å². The van der Waals surface area contributed by atoms with Crippen LogP contribution in [0.5, 0.6) is 0 Å². The van der Waals surface area contributed by atoms with Crippen molar-refractivity contribution in [1.82, 2.24) is 9.55 Å². The van der Waals surface area contributed by atoms with E-state index in [1.165, 1.54) is 18.0 Å². The van der Waals surface area contributed by atoms with Crippen molar-refractivity contribution < 1.29 is 9.53 Å². The molecule has 1 aromatic heterocycles. The van der Waals surface area contributed by atoms with Gasteiger partial charge in [0.05, 0.1) is 22.7 Å². The summed E-state index contributed by atoms with van der Waals surface area (Å²) in [4.78, 5) is 26.7. The number of aromatic nitrogens is 2. The molecule has 0 aliphatic rings. The van der Waals surface area contributed by atoms with E-state index in [1.807, 2.05) is 22.6 Å². The molecule has 0 aromatic carbocycles. The first kappa shape index (κ1) is 13.1. The average molecular weight is 336 g/mol. The van der Waals surface area contributed by atoms with Crippen LogP contribution in [0.15, 0.2) is 11.1 Å². The molecule has 0 atom stereocenters. The summed E-state index contributed by atoms with van der Waals surface area (Å²) in [6.45, 7) is 2.28. The molecule has 6 heteroatoms. The van der Waals surface area contributed by atoms with Gasteiger partial charge in [-0.2, -0.15) is 0 Å². The van der Waals surface area contributed by atoms with Gasteiger partial charge >= 0.3 is 5.97 Å². The van der Waals surface area contributed by atoms with Crippen molar-refractivity contribution in [1.29, 1.82) is 0 Å². The van der Waals surface area contributed by atoms with Crippen LogP contribution in [0, 0.1) is 10.5 Å². The zero-order valence-electron chi connectivity index (χ0n) is 9.20. The third-order valence-electron chi connectivity index (χ3n) is 2.16. The number of ether oxygens (including phenoxy) is 1. The molecule has 1 heterocycles. The lowest BCUT2D eigenvalue weighted by Crippen LogP contribution is -2.24. The number of carbonyl (C=O) groups is 1. The third kappa shape index (κ3) is 3.29. The van der Waals surface area contributed by atoms with Crippen LogP contribution in [0.3, 0.4) is 0 Å². The molecule has 16 heavy (non-hydrogen) atoms. The second-order valence-electron chi connectivity index (χ2n) is 3.32. The summed E-state index contributed by atoms with van der Waals surface area (Å²) in [5.74, 6) is -0.261. The maximum absolute atomic E-state index is 11.7. The number of aryl methyl sites for hydroxylation is 2. The highest BCUT2D eigenvalue weighted by molar-refractivity contribution is 14.1. The number of hydrogen-bond donors (Lipinski definition) is 0. The molecule has 1 rings (SSSR count). The zero-order valence-corrected chi connectivity index (χ0v) is 11.4. The van der Waals surface area contributed by atoms with Gasteiger partial charge in [0, 0.05) is 13.0 Å². The summed E-state index contributed by atoms with van der Waals surface area (Å²) in [5, 5.41) is 0. The smallest absolute Gasteiger partial charge is 0.305 e. The van der Waals surface area contributed by atoms with E-state index in [0.29, 0.717) is 23.0 Å². The average Bonchev–Trinajstić information content (AvgIpc) is 2.29. The first-order valence-corrected chi connectivity index (χ1v) is 5.92. The largest absolute Gasteiger partial charge is 0.469 e. The molecular weight excluding hydrogens is 323 g/mol. The van der Waals surface area contributed by atoms with Crippen LogP contribution >= 0.6 is 22.6 Å². The van der Waals surface area contributed by atoms with E-state index in [9.17, 15) is 9.59 Å². The van der Waals surface area contributed by atoms with Crippen molar-refractivity contribution in [3.8, 4) is 0 Å². The highest BCUT2D eigenvalue weighted by Crippen LogP contribution is 2.02. The molecule has 0 amide bonds. The zero-order chi connectivity index (χ0) is 12.1. The fourth-order valence-corrected chi connectivity index (χ4v) is 1.65. The lowest BCUT2D eigenvalue weighted by Gasteiger charge is -2.06. The number of carbonyl (C=O) groups excluding carboxylic acids is 1. The number of nitrogens with zero attached hydrogens (tertiary/aromatic N) is 2. The number of hydrogen-bond acceptors (Lipinski definition) is 4. The number of methoxy groups -OCH3 is 1. The summed E-state index contributed by atoms with van der Waals surface area (Å²) in [6, 6.07) is 0. The highest BCUT2D eigenvalue weighted by atomic mass is 127.